The Bertz CT molecular complexity index is 612. The molecule has 0 heterocycles. The van der Waals surface area contributed by atoms with Crippen molar-refractivity contribution < 1.29 is 18.3 Å². The van der Waals surface area contributed by atoms with Crippen molar-refractivity contribution in [3.63, 3.8) is 0 Å². The smallest absolute Gasteiger partial charge is 0.229 e. The lowest BCUT2D eigenvalue weighted by molar-refractivity contribution is -0.127. The van der Waals surface area contributed by atoms with E-state index in [-0.39, 0.29) is 24.2 Å². The van der Waals surface area contributed by atoms with Crippen LogP contribution in [0.15, 0.2) is 18.2 Å². The average Bonchev–Trinajstić information content (AvgIpc) is 2.93. The van der Waals surface area contributed by atoms with Gasteiger partial charge in [-0.2, -0.15) is 0 Å². The molecule has 1 fully saturated rings. The van der Waals surface area contributed by atoms with E-state index in [1.54, 1.807) is 6.92 Å². The number of amides is 1. The molecule has 23 heavy (non-hydrogen) atoms. The molecule has 1 amide bonds. The van der Waals surface area contributed by atoms with E-state index in [1.165, 1.54) is 0 Å². The summed E-state index contributed by atoms with van der Waals surface area (Å²) in [6.45, 7) is 5.38. The number of carbonyl (C=O) groups is 1. The van der Waals surface area contributed by atoms with Crippen molar-refractivity contribution in [2.45, 2.75) is 37.6 Å². The molecule has 1 aliphatic carbocycles. The summed E-state index contributed by atoms with van der Waals surface area (Å²) in [6.07, 6.45) is 0.513. The van der Waals surface area contributed by atoms with Gasteiger partial charge in [-0.25, -0.2) is 8.78 Å². The number of benzene rings is 1. The molecule has 7 heteroatoms. The summed E-state index contributed by atoms with van der Waals surface area (Å²) < 4.78 is 30.7. The molecule has 0 saturated heterocycles. The Balaban J connectivity index is 1.94. The van der Waals surface area contributed by atoms with Crippen LogP contribution in [0.4, 0.5) is 8.78 Å². The second-order valence-electron chi connectivity index (χ2n) is 5.93. The number of rotatable bonds is 6. The summed E-state index contributed by atoms with van der Waals surface area (Å²) in [4.78, 5) is 12.5. The van der Waals surface area contributed by atoms with Gasteiger partial charge >= 0.3 is 0 Å². The summed E-state index contributed by atoms with van der Waals surface area (Å²) in [6, 6.07) is 2.54. The Morgan fingerprint density at radius 1 is 1.43 bits per heavy atom. The molecule has 1 aromatic carbocycles. The highest BCUT2D eigenvalue weighted by Gasteiger charge is 2.76. The van der Waals surface area contributed by atoms with Crippen LogP contribution in [0.1, 0.15) is 27.2 Å². The van der Waals surface area contributed by atoms with E-state index in [9.17, 15) is 13.6 Å². The largest absolute Gasteiger partial charge is 0.488 e. The minimum atomic E-state index is -1.08. The number of ether oxygens (including phenoxy) is 1. The van der Waals surface area contributed by atoms with E-state index < -0.39 is 27.4 Å². The van der Waals surface area contributed by atoms with Crippen LogP contribution in [0.3, 0.4) is 0 Å². The Kier molecular flexibility index (Phi) is 5.12. The van der Waals surface area contributed by atoms with Gasteiger partial charge in [-0.3, -0.25) is 4.79 Å². The predicted octanol–water partition coefficient (Wildman–Crippen LogP) is 4.07. The number of nitrogens with one attached hydrogen (secondary N) is 1. The van der Waals surface area contributed by atoms with Crippen LogP contribution < -0.4 is 10.1 Å². The van der Waals surface area contributed by atoms with Crippen LogP contribution in [0.2, 0.25) is 0 Å². The lowest BCUT2D eigenvalue weighted by Crippen LogP contribution is -2.43. The van der Waals surface area contributed by atoms with Gasteiger partial charge in [-0.1, -0.05) is 13.8 Å². The maximum absolute atomic E-state index is 13.5. The maximum Gasteiger partial charge on any atom is 0.229 e. The molecule has 0 bridgehead atoms. The van der Waals surface area contributed by atoms with Crippen molar-refractivity contribution in [1.29, 1.82) is 0 Å². The van der Waals surface area contributed by atoms with Crippen molar-refractivity contribution in [3.05, 3.63) is 29.8 Å². The number of hydrogen-bond acceptors (Lipinski definition) is 2. The monoisotopic (exact) mass is 365 g/mol. The fourth-order valence-corrected chi connectivity index (χ4v) is 3.92. The highest BCUT2D eigenvalue weighted by molar-refractivity contribution is 6.53. The van der Waals surface area contributed by atoms with Gasteiger partial charge in [0, 0.05) is 12.0 Å². The predicted molar refractivity (Wildman–Crippen MR) is 85.8 cm³/mol. The van der Waals surface area contributed by atoms with Crippen LogP contribution in [0, 0.1) is 23.0 Å². The third-order valence-corrected chi connectivity index (χ3v) is 5.85. The lowest BCUT2D eigenvalue weighted by atomic mass is 9.99. The molecule has 1 N–H and O–H groups in total. The van der Waals surface area contributed by atoms with Gasteiger partial charge in [0.05, 0.1) is 11.5 Å². The van der Waals surface area contributed by atoms with Crippen LogP contribution in [0.5, 0.6) is 5.75 Å². The third kappa shape index (κ3) is 3.13. The molecule has 1 aliphatic rings. The Hall–Kier alpha value is -1.07. The molecule has 1 saturated carbocycles. The molecule has 0 radical (unpaired) electrons. The standard InChI is InChI=1S/C16H19Cl2F2NO2/c1-4-15(10(3)16(15,17)18)14(22)21-9(2)8-23-13-7-11(19)5-6-12(13)20/h5-7,9-10H,4,8H2,1-3H3,(H,21,22)/t9-,10+,15+/m0/s1. The van der Waals surface area contributed by atoms with Crippen molar-refractivity contribution in [3.8, 4) is 5.75 Å². The first-order valence-corrected chi connectivity index (χ1v) is 8.19. The first-order valence-electron chi connectivity index (χ1n) is 7.43. The van der Waals surface area contributed by atoms with Gasteiger partial charge < -0.3 is 10.1 Å². The van der Waals surface area contributed by atoms with Crippen molar-refractivity contribution in [2.75, 3.05) is 6.61 Å². The molecule has 0 spiro atoms. The normalized spacial score (nSPS) is 26.5. The third-order valence-electron chi connectivity index (χ3n) is 4.52. The fourth-order valence-electron chi connectivity index (χ4n) is 2.89. The first-order chi connectivity index (χ1) is 10.7. The lowest BCUT2D eigenvalue weighted by Gasteiger charge is -2.21. The summed E-state index contributed by atoms with van der Waals surface area (Å²) in [7, 11) is 0. The minimum Gasteiger partial charge on any atom is -0.488 e. The van der Waals surface area contributed by atoms with Gasteiger partial charge in [0.2, 0.25) is 5.91 Å². The van der Waals surface area contributed by atoms with Gasteiger partial charge in [-0.15, -0.1) is 23.2 Å². The van der Waals surface area contributed by atoms with Gasteiger partial charge in [0.25, 0.3) is 0 Å². The maximum atomic E-state index is 13.5. The molecule has 0 aromatic heterocycles. The van der Waals surface area contributed by atoms with E-state index >= 15 is 0 Å². The fraction of sp³-hybridized carbons (Fsp3) is 0.562. The number of alkyl halides is 2. The van der Waals surface area contributed by atoms with Gasteiger partial charge in [0.1, 0.15) is 16.8 Å². The van der Waals surface area contributed by atoms with Crippen LogP contribution >= 0.6 is 23.2 Å². The zero-order chi connectivity index (χ0) is 17.4. The molecule has 0 unspecified atom stereocenters. The van der Waals surface area contributed by atoms with E-state index in [4.69, 9.17) is 27.9 Å². The van der Waals surface area contributed by atoms with Crippen molar-refractivity contribution in [1.82, 2.24) is 5.32 Å². The van der Waals surface area contributed by atoms with Crippen LogP contribution in [-0.2, 0) is 4.79 Å². The molecule has 3 nitrogen and oxygen atoms in total. The molecular formula is C16H19Cl2F2NO2. The summed E-state index contributed by atoms with van der Waals surface area (Å²) in [5.74, 6) is -1.86. The van der Waals surface area contributed by atoms with E-state index in [1.807, 2.05) is 13.8 Å². The summed E-state index contributed by atoms with van der Waals surface area (Å²) in [5.41, 5.74) is -0.825. The highest BCUT2D eigenvalue weighted by Crippen LogP contribution is 2.70. The molecular weight excluding hydrogens is 347 g/mol. The van der Waals surface area contributed by atoms with E-state index in [0.29, 0.717) is 6.42 Å². The van der Waals surface area contributed by atoms with E-state index in [0.717, 1.165) is 18.2 Å². The Morgan fingerprint density at radius 2 is 2.04 bits per heavy atom. The van der Waals surface area contributed by atoms with Crippen LogP contribution in [-0.4, -0.2) is 22.9 Å². The molecule has 128 valence electrons. The van der Waals surface area contributed by atoms with Gasteiger partial charge in [-0.05, 0) is 25.5 Å². The van der Waals surface area contributed by atoms with Crippen molar-refractivity contribution >= 4 is 29.1 Å². The molecule has 2 rings (SSSR count). The number of carbonyl (C=O) groups excluding carboxylic acids is 1. The van der Waals surface area contributed by atoms with Crippen LogP contribution in [0.25, 0.3) is 0 Å². The number of hydrogen-bond donors (Lipinski definition) is 1. The minimum absolute atomic E-state index is 0.00212. The Labute approximate surface area is 144 Å². The first kappa shape index (κ1) is 18.3. The second-order valence-corrected chi connectivity index (χ2v) is 7.32. The summed E-state index contributed by atoms with van der Waals surface area (Å²) >= 11 is 12.4. The Morgan fingerprint density at radius 3 is 2.57 bits per heavy atom. The van der Waals surface area contributed by atoms with Crippen molar-refractivity contribution in [2.24, 2.45) is 11.3 Å². The molecule has 1 aromatic rings. The summed E-state index contributed by atoms with van der Waals surface area (Å²) in [5, 5.41) is 2.77. The second kappa shape index (κ2) is 6.44. The highest BCUT2D eigenvalue weighted by atomic mass is 35.5. The SMILES string of the molecule is CC[C@]1(C(=O)N[C@@H](C)COc2cc(F)ccc2F)[C@@H](C)C1(Cl)Cl. The average molecular weight is 366 g/mol. The molecule has 0 aliphatic heterocycles. The van der Waals surface area contributed by atoms with Gasteiger partial charge in [0.15, 0.2) is 11.6 Å². The molecule has 3 atom stereocenters. The zero-order valence-electron chi connectivity index (χ0n) is 13.1. The quantitative estimate of drug-likeness (QED) is 0.771. The topological polar surface area (TPSA) is 38.3 Å². The number of halogens is 4. The van der Waals surface area contributed by atoms with E-state index in [2.05, 4.69) is 5.32 Å². The zero-order valence-corrected chi connectivity index (χ0v) is 14.6.